The highest BCUT2D eigenvalue weighted by Gasteiger charge is 2.22. The molecule has 0 aromatic carbocycles. The highest BCUT2D eigenvalue weighted by Crippen LogP contribution is 2.22. The first-order valence-electron chi connectivity index (χ1n) is 5.15. The lowest BCUT2D eigenvalue weighted by Gasteiger charge is -2.09. The van der Waals surface area contributed by atoms with Crippen molar-refractivity contribution in [3.05, 3.63) is 30.1 Å². The minimum Gasteiger partial charge on any atom is -0.480 e. The lowest BCUT2D eigenvalue weighted by Crippen LogP contribution is -2.21. The largest absolute Gasteiger partial charge is 0.480 e. The Morgan fingerprint density at radius 3 is 2.82 bits per heavy atom. The first kappa shape index (κ1) is 11.4. The lowest BCUT2D eigenvalue weighted by atomic mass is 10.2. The maximum atomic E-state index is 10.9. The van der Waals surface area contributed by atoms with E-state index in [1.165, 1.54) is 0 Å². The minimum atomic E-state index is -1.11. The van der Waals surface area contributed by atoms with E-state index in [9.17, 15) is 4.79 Å². The molecular weight excluding hydrogens is 220 g/mol. The second kappa shape index (κ2) is 4.06. The van der Waals surface area contributed by atoms with Crippen LogP contribution in [0, 0.1) is 0 Å². The van der Waals surface area contributed by atoms with Gasteiger partial charge in [-0.15, -0.1) is 0 Å². The molecule has 3 N–H and O–H groups in total. The zero-order chi connectivity index (χ0) is 12.6. The van der Waals surface area contributed by atoms with E-state index in [0.29, 0.717) is 17.2 Å². The molecule has 6 heteroatoms. The highest BCUT2D eigenvalue weighted by atomic mass is 16.4. The topological polar surface area (TPSA) is 83.9 Å². The van der Waals surface area contributed by atoms with Gasteiger partial charge in [0.05, 0.1) is 11.2 Å². The van der Waals surface area contributed by atoms with Gasteiger partial charge in [0.15, 0.2) is 0 Å². The summed E-state index contributed by atoms with van der Waals surface area (Å²) in [5.41, 5.74) is 6.71. The van der Waals surface area contributed by atoms with Crippen LogP contribution in [0.25, 0.3) is 5.52 Å². The summed E-state index contributed by atoms with van der Waals surface area (Å²) in [5, 5.41) is 8.95. The smallest absolute Gasteiger partial charge is 0.326 e. The summed E-state index contributed by atoms with van der Waals surface area (Å²) in [6.45, 7) is 0. The SMILES string of the molecule is CN(C)c1nc(C(N)C(=O)O)c2ccccn12. The first-order valence-corrected chi connectivity index (χ1v) is 5.15. The van der Waals surface area contributed by atoms with Gasteiger partial charge in [-0.3, -0.25) is 9.20 Å². The van der Waals surface area contributed by atoms with Crippen molar-refractivity contribution in [3.8, 4) is 0 Å². The van der Waals surface area contributed by atoms with Crippen molar-refractivity contribution in [1.82, 2.24) is 9.38 Å². The van der Waals surface area contributed by atoms with Gasteiger partial charge in [0.25, 0.3) is 0 Å². The molecule has 0 fully saturated rings. The van der Waals surface area contributed by atoms with Crippen molar-refractivity contribution in [2.45, 2.75) is 6.04 Å². The van der Waals surface area contributed by atoms with Crippen molar-refractivity contribution in [3.63, 3.8) is 0 Å². The molecule has 0 amide bonds. The van der Waals surface area contributed by atoms with E-state index in [1.54, 1.807) is 6.07 Å². The number of fused-ring (bicyclic) bond motifs is 1. The van der Waals surface area contributed by atoms with E-state index < -0.39 is 12.0 Å². The predicted octanol–water partition coefficient (Wildman–Crippen LogP) is 0.485. The summed E-state index contributed by atoms with van der Waals surface area (Å²) in [5.74, 6) is -0.425. The Hall–Kier alpha value is -2.08. The lowest BCUT2D eigenvalue weighted by molar-refractivity contribution is -0.138. The summed E-state index contributed by atoms with van der Waals surface area (Å²) in [6.07, 6.45) is 1.83. The summed E-state index contributed by atoms with van der Waals surface area (Å²) in [4.78, 5) is 17.0. The zero-order valence-corrected chi connectivity index (χ0v) is 9.66. The van der Waals surface area contributed by atoms with E-state index in [2.05, 4.69) is 4.98 Å². The Morgan fingerprint density at radius 2 is 2.24 bits per heavy atom. The number of carbonyl (C=O) groups is 1. The Bertz CT molecular complexity index is 562. The van der Waals surface area contributed by atoms with Crippen LogP contribution in [0.4, 0.5) is 5.95 Å². The third-order valence-corrected chi connectivity index (χ3v) is 2.52. The van der Waals surface area contributed by atoms with Gasteiger partial charge in [-0.1, -0.05) is 6.07 Å². The van der Waals surface area contributed by atoms with Crippen LogP contribution in [0.3, 0.4) is 0 Å². The van der Waals surface area contributed by atoms with Crippen molar-refractivity contribution in [2.24, 2.45) is 5.73 Å². The quantitative estimate of drug-likeness (QED) is 0.807. The number of aromatic nitrogens is 2. The van der Waals surface area contributed by atoms with E-state index in [1.807, 2.05) is 41.7 Å². The monoisotopic (exact) mass is 234 g/mol. The van der Waals surface area contributed by atoms with Crippen LogP contribution >= 0.6 is 0 Å². The summed E-state index contributed by atoms with van der Waals surface area (Å²) in [7, 11) is 3.69. The van der Waals surface area contributed by atoms with Gasteiger partial charge in [-0.2, -0.15) is 0 Å². The number of hydrogen-bond donors (Lipinski definition) is 2. The normalized spacial score (nSPS) is 12.6. The van der Waals surface area contributed by atoms with Crippen LogP contribution in [0.5, 0.6) is 0 Å². The molecule has 0 aliphatic heterocycles. The minimum absolute atomic E-state index is 0.377. The molecule has 2 aromatic heterocycles. The summed E-state index contributed by atoms with van der Waals surface area (Å²) < 4.78 is 1.82. The maximum Gasteiger partial charge on any atom is 0.326 e. The number of aliphatic carboxylic acids is 1. The van der Waals surface area contributed by atoms with Crippen LogP contribution in [0.1, 0.15) is 11.7 Å². The second-order valence-electron chi connectivity index (χ2n) is 3.96. The van der Waals surface area contributed by atoms with Gasteiger partial charge in [0.1, 0.15) is 6.04 Å². The van der Waals surface area contributed by atoms with Crippen LogP contribution in [0.2, 0.25) is 0 Å². The standard InChI is InChI=1S/C11H14N4O2/c1-14(2)11-13-9(8(12)10(16)17)7-5-3-4-6-15(7)11/h3-6,8H,12H2,1-2H3,(H,16,17). The predicted molar refractivity (Wildman–Crippen MR) is 64.1 cm³/mol. The van der Waals surface area contributed by atoms with E-state index in [-0.39, 0.29) is 0 Å². The molecule has 0 aliphatic rings. The fourth-order valence-electron chi connectivity index (χ4n) is 1.71. The first-order chi connectivity index (χ1) is 8.02. The number of pyridine rings is 1. The Morgan fingerprint density at radius 1 is 1.53 bits per heavy atom. The molecule has 17 heavy (non-hydrogen) atoms. The third-order valence-electron chi connectivity index (χ3n) is 2.52. The molecule has 2 heterocycles. The van der Waals surface area contributed by atoms with Gasteiger partial charge in [0.2, 0.25) is 5.95 Å². The molecule has 1 unspecified atom stereocenters. The van der Waals surface area contributed by atoms with Crippen molar-refractivity contribution >= 4 is 17.4 Å². The van der Waals surface area contributed by atoms with Gasteiger partial charge in [-0.05, 0) is 12.1 Å². The molecule has 0 radical (unpaired) electrons. The average molecular weight is 234 g/mol. The number of rotatable bonds is 3. The number of carboxylic acid groups (broad SMARTS) is 1. The number of hydrogen-bond acceptors (Lipinski definition) is 4. The van der Waals surface area contributed by atoms with Crippen molar-refractivity contribution in [2.75, 3.05) is 19.0 Å². The molecule has 0 saturated carbocycles. The molecular formula is C11H14N4O2. The molecule has 2 rings (SSSR count). The van der Waals surface area contributed by atoms with E-state index >= 15 is 0 Å². The number of nitrogens with zero attached hydrogens (tertiary/aromatic N) is 3. The third kappa shape index (κ3) is 1.83. The van der Waals surface area contributed by atoms with Gasteiger partial charge in [-0.25, -0.2) is 4.98 Å². The number of imidazole rings is 1. The second-order valence-corrected chi connectivity index (χ2v) is 3.96. The molecule has 1 atom stereocenters. The Labute approximate surface area is 98.3 Å². The molecule has 90 valence electrons. The van der Waals surface area contributed by atoms with Gasteiger partial charge >= 0.3 is 5.97 Å². The Balaban J connectivity index is 2.68. The summed E-state index contributed by atoms with van der Waals surface area (Å²) in [6, 6.07) is 4.38. The fourth-order valence-corrected chi connectivity index (χ4v) is 1.71. The Kier molecular flexibility index (Phi) is 2.72. The summed E-state index contributed by atoms with van der Waals surface area (Å²) >= 11 is 0. The number of anilines is 1. The fraction of sp³-hybridized carbons (Fsp3) is 0.273. The zero-order valence-electron chi connectivity index (χ0n) is 9.66. The van der Waals surface area contributed by atoms with Crippen molar-refractivity contribution in [1.29, 1.82) is 0 Å². The van der Waals surface area contributed by atoms with Crippen molar-refractivity contribution < 1.29 is 9.90 Å². The van der Waals surface area contributed by atoms with Gasteiger partial charge < -0.3 is 15.7 Å². The molecule has 0 spiro atoms. The van der Waals surface area contributed by atoms with Crippen LogP contribution in [-0.4, -0.2) is 34.6 Å². The maximum absolute atomic E-state index is 10.9. The number of carboxylic acids is 1. The highest BCUT2D eigenvalue weighted by molar-refractivity contribution is 5.78. The number of nitrogens with two attached hydrogens (primary N) is 1. The van der Waals surface area contributed by atoms with Gasteiger partial charge in [0, 0.05) is 20.3 Å². The van der Waals surface area contributed by atoms with Crippen LogP contribution in [-0.2, 0) is 4.79 Å². The van der Waals surface area contributed by atoms with E-state index in [0.717, 1.165) is 0 Å². The molecule has 0 bridgehead atoms. The molecule has 0 saturated heterocycles. The average Bonchev–Trinajstić information content (AvgIpc) is 2.67. The van der Waals surface area contributed by atoms with E-state index in [4.69, 9.17) is 10.8 Å². The van der Waals surface area contributed by atoms with Crippen LogP contribution in [0.15, 0.2) is 24.4 Å². The van der Waals surface area contributed by atoms with Crippen LogP contribution < -0.4 is 10.6 Å². The molecule has 0 aliphatic carbocycles. The molecule has 6 nitrogen and oxygen atoms in total. The molecule has 2 aromatic rings.